The van der Waals surface area contributed by atoms with Crippen LogP contribution in [-0.2, 0) is 13.0 Å². The fourth-order valence-electron chi connectivity index (χ4n) is 2.40. The molecule has 0 unspecified atom stereocenters. The fraction of sp³-hybridized carbons (Fsp3) is 0.368. The minimum atomic E-state index is 0.576. The maximum Gasteiger partial charge on any atom is 0.218 e. The second kappa shape index (κ2) is 10.5. The third-order valence-electron chi connectivity index (χ3n) is 3.75. The van der Waals surface area contributed by atoms with E-state index in [1.807, 2.05) is 37.3 Å². The van der Waals surface area contributed by atoms with Crippen LogP contribution in [0.5, 0.6) is 11.6 Å². The van der Waals surface area contributed by atoms with Gasteiger partial charge in [-0.1, -0.05) is 23.7 Å². The average molecular weight is 377 g/mol. The van der Waals surface area contributed by atoms with E-state index in [1.54, 1.807) is 20.4 Å². The van der Waals surface area contributed by atoms with Gasteiger partial charge in [-0.2, -0.15) is 0 Å². The molecule has 0 saturated carbocycles. The van der Waals surface area contributed by atoms with Crippen LogP contribution in [0.4, 0.5) is 0 Å². The first-order valence-electron chi connectivity index (χ1n) is 8.51. The summed E-state index contributed by atoms with van der Waals surface area (Å²) in [6, 6.07) is 9.58. The van der Waals surface area contributed by atoms with E-state index < -0.39 is 0 Å². The number of hydrogen-bond acceptors (Lipinski definition) is 4. The molecular weight excluding hydrogens is 352 g/mol. The van der Waals surface area contributed by atoms with Gasteiger partial charge < -0.3 is 20.1 Å². The number of aliphatic imine (C=N–C) groups is 1. The predicted octanol–water partition coefficient (Wildman–Crippen LogP) is 3.05. The zero-order chi connectivity index (χ0) is 18.8. The van der Waals surface area contributed by atoms with E-state index in [0.29, 0.717) is 36.6 Å². The van der Waals surface area contributed by atoms with E-state index >= 15 is 0 Å². The van der Waals surface area contributed by atoms with E-state index in [0.717, 1.165) is 23.3 Å². The molecule has 0 saturated heterocycles. The molecular formula is C19H25ClN4O2. The average Bonchev–Trinajstić information content (AvgIpc) is 2.66. The number of benzene rings is 1. The van der Waals surface area contributed by atoms with Crippen molar-refractivity contribution in [3.8, 4) is 11.6 Å². The second-order valence-electron chi connectivity index (χ2n) is 5.46. The van der Waals surface area contributed by atoms with Crippen molar-refractivity contribution in [2.75, 3.05) is 27.3 Å². The molecule has 0 radical (unpaired) electrons. The summed E-state index contributed by atoms with van der Waals surface area (Å²) in [5.41, 5.74) is 2.04. The van der Waals surface area contributed by atoms with Gasteiger partial charge in [-0.15, -0.1) is 0 Å². The molecule has 1 aromatic heterocycles. The summed E-state index contributed by atoms with van der Waals surface area (Å²) in [6.07, 6.45) is 2.50. The van der Waals surface area contributed by atoms with Crippen LogP contribution in [0.3, 0.4) is 0 Å². The van der Waals surface area contributed by atoms with E-state index in [1.165, 1.54) is 0 Å². The summed E-state index contributed by atoms with van der Waals surface area (Å²) < 4.78 is 10.7. The number of guanidine groups is 1. The Morgan fingerprint density at radius 2 is 2.08 bits per heavy atom. The van der Waals surface area contributed by atoms with Gasteiger partial charge in [-0.3, -0.25) is 4.99 Å². The van der Waals surface area contributed by atoms with Crippen LogP contribution in [-0.4, -0.2) is 38.3 Å². The first-order valence-corrected chi connectivity index (χ1v) is 8.89. The summed E-state index contributed by atoms with van der Waals surface area (Å²) in [5.74, 6) is 2.11. The van der Waals surface area contributed by atoms with Crippen LogP contribution < -0.4 is 20.1 Å². The molecule has 0 amide bonds. The molecule has 0 bridgehead atoms. The number of pyridine rings is 1. The number of nitrogens with one attached hydrogen (secondary N) is 2. The van der Waals surface area contributed by atoms with Gasteiger partial charge in [0.2, 0.25) is 5.88 Å². The molecule has 2 N–H and O–H groups in total. The third-order valence-corrected chi connectivity index (χ3v) is 4.10. The lowest BCUT2D eigenvalue weighted by Crippen LogP contribution is -2.38. The Kier molecular flexibility index (Phi) is 8.02. The van der Waals surface area contributed by atoms with Gasteiger partial charge >= 0.3 is 0 Å². The van der Waals surface area contributed by atoms with E-state index in [4.69, 9.17) is 21.1 Å². The molecule has 26 heavy (non-hydrogen) atoms. The minimum Gasteiger partial charge on any atom is -0.497 e. The molecule has 0 atom stereocenters. The first-order chi connectivity index (χ1) is 12.7. The first kappa shape index (κ1) is 19.8. The van der Waals surface area contributed by atoms with Crippen molar-refractivity contribution in [1.82, 2.24) is 15.6 Å². The van der Waals surface area contributed by atoms with Gasteiger partial charge in [0.05, 0.1) is 13.7 Å². The standard InChI is InChI=1S/C19H25ClN4O2/c1-4-26-18-15(6-5-10-22-18)13-24-19(21-2)23-11-9-14-7-8-16(25-3)12-17(14)20/h5-8,10,12H,4,9,11,13H2,1-3H3,(H2,21,23,24). The normalized spacial score (nSPS) is 11.2. The van der Waals surface area contributed by atoms with Crippen molar-refractivity contribution in [3.63, 3.8) is 0 Å². The Labute approximate surface area is 159 Å². The number of methoxy groups -OCH3 is 1. The van der Waals surface area contributed by atoms with Crippen molar-refractivity contribution >= 4 is 17.6 Å². The highest BCUT2D eigenvalue weighted by Gasteiger charge is 2.06. The second-order valence-corrected chi connectivity index (χ2v) is 5.87. The SMILES string of the molecule is CCOc1ncccc1CNC(=NC)NCCc1ccc(OC)cc1Cl. The van der Waals surface area contributed by atoms with Gasteiger partial charge in [-0.25, -0.2) is 4.98 Å². The molecule has 1 heterocycles. The number of rotatable bonds is 8. The van der Waals surface area contributed by atoms with E-state index in [-0.39, 0.29) is 0 Å². The zero-order valence-corrected chi connectivity index (χ0v) is 16.1. The van der Waals surface area contributed by atoms with Crippen LogP contribution in [0.25, 0.3) is 0 Å². The number of nitrogens with zero attached hydrogens (tertiary/aromatic N) is 2. The number of halogens is 1. The topological polar surface area (TPSA) is 67.8 Å². The van der Waals surface area contributed by atoms with Crippen molar-refractivity contribution in [2.24, 2.45) is 4.99 Å². The van der Waals surface area contributed by atoms with Gasteiger partial charge in [0.1, 0.15) is 5.75 Å². The quantitative estimate of drug-likeness (QED) is 0.547. The minimum absolute atomic E-state index is 0.576. The van der Waals surface area contributed by atoms with E-state index in [9.17, 15) is 0 Å². The summed E-state index contributed by atoms with van der Waals surface area (Å²) in [5, 5.41) is 7.25. The number of hydrogen-bond donors (Lipinski definition) is 2. The Balaban J connectivity index is 1.85. The molecule has 2 aromatic rings. The highest BCUT2D eigenvalue weighted by Crippen LogP contribution is 2.22. The van der Waals surface area contributed by atoms with Crippen LogP contribution in [0.1, 0.15) is 18.1 Å². The Morgan fingerprint density at radius 1 is 1.23 bits per heavy atom. The van der Waals surface area contributed by atoms with Gasteiger partial charge in [0, 0.05) is 36.9 Å². The van der Waals surface area contributed by atoms with Gasteiger partial charge in [-0.05, 0) is 37.1 Å². The van der Waals surface area contributed by atoms with Crippen LogP contribution in [0.2, 0.25) is 5.02 Å². The zero-order valence-electron chi connectivity index (χ0n) is 15.4. The van der Waals surface area contributed by atoms with E-state index in [2.05, 4.69) is 20.6 Å². The molecule has 140 valence electrons. The molecule has 0 aliphatic rings. The fourth-order valence-corrected chi connectivity index (χ4v) is 2.66. The molecule has 0 aliphatic carbocycles. The lowest BCUT2D eigenvalue weighted by atomic mass is 10.1. The van der Waals surface area contributed by atoms with Crippen molar-refractivity contribution < 1.29 is 9.47 Å². The van der Waals surface area contributed by atoms with Crippen molar-refractivity contribution in [2.45, 2.75) is 19.9 Å². The predicted molar refractivity (Wildman–Crippen MR) is 105 cm³/mol. The highest BCUT2D eigenvalue weighted by molar-refractivity contribution is 6.31. The van der Waals surface area contributed by atoms with Gasteiger partial charge in [0.15, 0.2) is 5.96 Å². The van der Waals surface area contributed by atoms with Gasteiger partial charge in [0.25, 0.3) is 0 Å². The molecule has 7 heteroatoms. The van der Waals surface area contributed by atoms with Crippen LogP contribution in [0, 0.1) is 0 Å². The Morgan fingerprint density at radius 3 is 2.77 bits per heavy atom. The van der Waals surface area contributed by atoms with Crippen molar-refractivity contribution in [3.05, 3.63) is 52.7 Å². The molecule has 2 rings (SSSR count). The lowest BCUT2D eigenvalue weighted by molar-refractivity contribution is 0.322. The summed E-state index contributed by atoms with van der Waals surface area (Å²) in [6.45, 7) is 3.81. The molecule has 6 nitrogen and oxygen atoms in total. The third kappa shape index (κ3) is 5.81. The Hall–Kier alpha value is -2.47. The van der Waals surface area contributed by atoms with Crippen LogP contribution >= 0.6 is 11.6 Å². The smallest absolute Gasteiger partial charge is 0.218 e. The Bertz CT molecular complexity index is 737. The number of ether oxygens (including phenoxy) is 2. The molecule has 1 aromatic carbocycles. The number of aromatic nitrogens is 1. The summed E-state index contributed by atoms with van der Waals surface area (Å²) in [4.78, 5) is 8.49. The lowest BCUT2D eigenvalue weighted by Gasteiger charge is -2.14. The molecule has 0 aliphatic heterocycles. The molecule has 0 spiro atoms. The summed E-state index contributed by atoms with van der Waals surface area (Å²) in [7, 11) is 3.37. The summed E-state index contributed by atoms with van der Waals surface area (Å²) >= 11 is 6.27. The van der Waals surface area contributed by atoms with Crippen LogP contribution in [0.15, 0.2) is 41.5 Å². The van der Waals surface area contributed by atoms with Crippen molar-refractivity contribution in [1.29, 1.82) is 0 Å². The largest absolute Gasteiger partial charge is 0.497 e. The maximum atomic E-state index is 6.27. The highest BCUT2D eigenvalue weighted by atomic mass is 35.5. The maximum absolute atomic E-state index is 6.27. The monoisotopic (exact) mass is 376 g/mol. The molecule has 0 fully saturated rings.